The van der Waals surface area contributed by atoms with Gasteiger partial charge in [0.1, 0.15) is 16.8 Å². The largest absolute Gasteiger partial charge is 0.381 e. The second kappa shape index (κ2) is 6.85. The highest BCUT2D eigenvalue weighted by Crippen LogP contribution is 2.31. The van der Waals surface area contributed by atoms with Gasteiger partial charge >= 0.3 is 0 Å². The van der Waals surface area contributed by atoms with Gasteiger partial charge < -0.3 is 9.64 Å². The smallest absolute Gasteiger partial charge is 0.149 e. The number of aromatic nitrogens is 1. The zero-order chi connectivity index (χ0) is 15.5. The van der Waals surface area contributed by atoms with E-state index in [1.165, 1.54) is 19.3 Å². The number of ether oxygens (including phenoxy) is 1. The lowest BCUT2D eigenvalue weighted by molar-refractivity contribution is 0.0859. The van der Waals surface area contributed by atoms with Gasteiger partial charge in [0.15, 0.2) is 0 Å². The van der Waals surface area contributed by atoms with Gasteiger partial charge in [-0.05, 0) is 50.5 Å². The van der Waals surface area contributed by atoms with Gasteiger partial charge in [-0.3, -0.25) is 0 Å². The molecule has 0 spiro atoms. The van der Waals surface area contributed by atoms with Crippen molar-refractivity contribution < 1.29 is 4.74 Å². The second-order valence-electron chi connectivity index (χ2n) is 6.50. The average Bonchev–Trinajstić information content (AvgIpc) is 3.31. The quantitative estimate of drug-likeness (QED) is 0.779. The van der Waals surface area contributed by atoms with Crippen LogP contribution in [0.1, 0.15) is 36.9 Å². The van der Waals surface area contributed by atoms with E-state index in [1.54, 1.807) is 0 Å². The molecule has 1 saturated carbocycles. The predicted octanol–water partition coefficient (Wildman–Crippen LogP) is 3.56. The molecule has 1 aromatic heterocycles. The highest BCUT2D eigenvalue weighted by molar-refractivity contribution is 6.31. The minimum absolute atomic E-state index is 0.310. The van der Waals surface area contributed by atoms with Crippen LogP contribution >= 0.6 is 11.6 Å². The van der Waals surface area contributed by atoms with E-state index in [4.69, 9.17) is 16.3 Å². The molecule has 2 aliphatic rings. The van der Waals surface area contributed by atoms with E-state index in [0.29, 0.717) is 16.6 Å². The van der Waals surface area contributed by atoms with Crippen LogP contribution < -0.4 is 4.90 Å². The van der Waals surface area contributed by atoms with E-state index < -0.39 is 0 Å². The first-order valence-electron chi connectivity index (χ1n) is 8.07. The number of anilines is 1. The summed E-state index contributed by atoms with van der Waals surface area (Å²) in [6.45, 7) is 5.55. The molecule has 0 bridgehead atoms. The van der Waals surface area contributed by atoms with E-state index in [-0.39, 0.29) is 0 Å². The van der Waals surface area contributed by atoms with Gasteiger partial charge in [-0.15, -0.1) is 0 Å². The first-order chi connectivity index (χ1) is 10.7. The fourth-order valence-corrected chi connectivity index (χ4v) is 3.35. The van der Waals surface area contributed by atoms with E-state index in [0.717, 1.165) is 50.0 Å². The highest BCUT2D eigenvalue weighted by atomic mass is 35.5. The number of halogens is 1. The van der Waals surface area contributed by atoms with Crippen LogP contribution in [0.2, 0.25) is 5.15 Å². The molecule has 0 amide bonds. The van der Waals surface area contributed by atoms with Crippen LogP contribution in [0.4, 0.5) is 5.69 Å². The molecular formula is C17H22ClN3O. The average molecular weight is 320 g/mol. The highest BCUT2D eigenvalue weighted by Gasteiger charge is 2.25. The van der Waals surface area contributed by atoms with Gasteiger partial charge in [0.2, 0.25) is 0 Å². The Morgan fingerprint density at radius 3 is 2.86 bits per heavy atom. The SMILES string of the molecule is Cc1cc(N2CCC[C@H](COCC3CC3)C2)c(C#N)c(Cl)n1. The van der Waals surface area contributed by atoms with E-state index in [1.807, 2.05) is 13.0 Å². The molecule has 1 aliphatic carbocycles. The second-order valence-corrected chi connectivity index (χ2v) is 6.85. The van der Waals surface area contributed by atoms with Gasteiger partial charge in [0.25, 0.3) is 0 Å². The lowest BCUT2D eigenvalue weighted by Crippen LogP contribution is -2.38. The monoisotopic (exact) mass is 319 g/mol. The molecule has 4 nitrogen and oxygen atoms in total. The van der Waals surface area contributed by atoms with Gasteiger partial charge in [-0.1, -0.05) is 11.6 Å². The summed E-state index contributed by atoms with van der Waals surface area (Å²) in [7, 11) is 0. The molecule has 2 fully saturated rings. The van der Waals surface area contributed by atoms with E-state index in [9.17, 15) is 5.26 Å². The van der Waals surface area contributed by atoms with Crippen LogP contribution in [0.5, 0.6) is 0 Å². The summed E-state index contributed by atoms with van der Waals surface area (Å²) in [5, 5.41) is 9.68. The van der Waals surface area contributed by atoms with Gasteiger partial charge in [-0.2, -0.15) is 5.26 Å². The van der Waals surface area contributed by atoms with Crippen molar-refractivity contribution >= 4 is 17.3 Å². The predicted molar refractivity (Wildman–Crippen MR) is 87.2 cm³/mol. The Balaban J connectivity index is 1.67. The minimum Gasteiger partial charge on any atom is -0.381 e. The van der Waals surface area contributed by atoms with Crippen LogP contribution in [0.15, 0.2) is 6.07 Å². The third-order valence-electron chi connectivity index (χ3n) is 4.46. The first kappa shape index (κ1) is 15.6. The Labute approximate surface area is 137 Å². The van der Waals surface area contributed by atoms with Crippen LogP contribution in [0.25, 0.3) is 0 Å². The Morgan fingerprint density at radius 2 is 2.14 bits per heavy atom. The minimum atomic E-state index is 0.310. The van der Waals surface area contributed by atoms with Crippen molar-refractivity contribution in [1.82, 2.24) is 4.98 Å². The third-order valence-corrected chi connectivity index (χ3v) is 4.73. The van der Waals surface area contributed by atoms with Crippen LogP contribution in [-0.2, 0) is 4.74 Å². The van der Waals surface area contributed by atoms with Crippen molar-refractivity contribution in [3.05, 3.63) is 22.5 Å². The molecular weight excluding hydrogens is 298 g/mol. The van der Waals surface area contributed by atoms with Crippen molar-refractivity contribution in [3.63, 3.8) is 0 Å². The van der Waals surface area contributed by atoms with Gasteiger partial charge in [0.05, 0.1) is 12.3 Å². The lowest BCUT2D eigenvalue weighted by atomic mass is 9.98. The first-order valence-corrected chi connectivity index (χ1v) is 8.45. The number of hydrogen-bond acceptors (Lipinski definition) is 4. The molecule has 118 valence electrons. The standard InChI is InChI=1S/C17H22ClN3O/c1-12-7-16(15(8-19)17(18)20-12)21-6-2-3-14(9-21)11-22-10-13-4-5-13/h7,13-14H,2-6,9-11H2,1H3/t14-/m0/s1. The lowest BCUT2D eigenvalue weighted by Gasteiger charge is -2.35. The van der Waals surface area contributed by atoms with Crippen LogP contribution in [-0.4, -0.2) is 31.3 Å². The normalized spacial score (nSPS) is 21.7. The molecule has 0 N–H and O–H groups in total. The van der Waals surface area contributed by atoms with Gasteiger partial charge in [0, 0.05) is 25.4 Å². The number of rotatable bonds is 5. The van der Waals surface area contributed by atoms with Gasteiger partial charge in [-0.25, -0.2) is 4.98 Å². The fraction of sp³-hybridized carbons (Fsp3) is 0.647. The molecule has 5 heteroatoms. The van der Waals surface area contributed by atoms with Crippen LogP contribution in [0, 0.1) is 30.1 Å². The fourth-order valence-electron chi connectivity index (χ4n) is 3.08. The maximum atomic E-state index is 9.37. The summed E-state index contributed by atoms with van der Waals surface area (Å²) in [6, 6.07) is 4.17. The number of aryl methyl sites for hydroxylation is 1. The maximum absolute atomic E-state index is 9.37. The Hall–Kier alpha value is -1.31. The number of pyridine rings is 1. The van der Waals surface area contributed by atoms with Crippen molar-refractivity contribution in [2.24, 2.45) is 11.8 Å². The summed E-state index contributed by atoms with van der Waals surface area (Å²) in [4.78, 5) is 6.46. The molecule has 0 unspecified atom stereocenters. The summed E-state index contributed by atoms with van der Waals surface area (Å²) in [5.74, 6) is 1.35. The number of piperidine rings is 1. The molecule has 2 heterocycles. The van der Waals surface area contributed by atoms with Crippen molar-refractivity contribution in [2.45, 2.75) is 32.6 Å². The summed E-state index contributed by atoms with van der Waals surface area (Å²) in [6.07, 6.45) is 4.98. The number of nitrogens with zero attached hydrogens (tertiary/aromatic N) is 3. The number of hydrogen-bond donors (Lipinski definition) is 0. The molecule has 1 saturated heterocycles. The molecule has 0 radical (unpaired) electrons. The molecule has 1 aliphatic heterocycles. The summed E-state index contributed by atoms with van der Waals surface area (Å²) >= 11 is 6.13. The molecule has 1 atom stereocenters. The zero-order valence-corrected chi connectivity index (χ0v) is 13.8. The zero-order valence-electron chi connectivity index (χ0n) is 13.0. The molecule has 22 heavy (non-hydrogen) atoms. The Kier molecular flexibility index (Phi) is 4.85. The Bertz CT molecular complexity index is 580. The molecule has 3 rings (SSSR count). The topological polar surface area (TPSA) is 49.1 Å². The van der Waals surface area contributed by atoms with Crippen LogP contribution in [0.3, 0.4) is 0 Å². The Morgan fingerprint density at radius 1 is 1.36 bits per heavy atom. The van der Waals surface area contributed by atoms with Crippen molar-refractivity contribution in [3.8, 4) is 6.07 Å². The van der Waals surface area contributed by atoms with E-state index in [2.05, 4.69) is 16.0 Å². The maximum Gasteiger partial charge on any atom is 0.149 e. The van der Waals surface area contributed by atoms with E-state index >= 15 is 0 Å². The van der Waals surface area contributed by atoms with Crippen molar-refractivity contribution in [1.29, 1.82) is 5.26 Å². The molecule has 0 aromatic carbocycles. The number of nitriles is 1. The third kappa shape index (κ3) is 3.71. The summed E-state index contributed by atoms with van der Waals surface area (Å²) < 4.78 is 5.86. The van der Waals surface area contributed by atoms with Crippen molar-refractivity contribution in [2.75, 3.05) is 31.2 Å². The molecule has 1 aromatic rings. The summed E-state index contributed by atoms with van der Waals surface area (Å²) in [5.41, 5.74) is 2.27.